The summed E-state index contributed by atoms with van der Waals surface area (Å²) < 4.78 is 7.02. The zero-order chi connectivity index (χ0) is 22.4. The van der Waals surface area contributed by atoms with Crippen molar-refractivity contribution in [2.75, 3.05) is 6.61 Å². The third-order valence-electron chi connectivity index (χ3n) is 3.49. The van der Waals surface area contributed by atoms with Crippen LogP contribution in [0.5, 0.6) is 5.75 Å². The molecule has 30 heavy (non-hydrogen) atoms. The molecule has 0 atom stereocenters. The van der Waals surface area contributed by atoms with Crippen LogP contribution in [0, 0.1) is 17.0 Å². The van der Waals surface area contributed by atoms with Crippen LogP contribution in [0.3, 0.4) is 0 Å². The van der Waals surface area contributed by atoms with E-state index in [1.54, 1.807) is 6.07 Å². The summed E-state index contributed by atoms with van der Waals surface area (Å²) in [6.07, 6.45) is 0. The Labute approximate surface area is 197 Å². The minimum atomic E-state index is -0.716. The number of nitro benzene ring substituents is 1. The Balaban J connectivity index is 1.86. The molecule has 0 fully saturated rings. The van der Waals surface area contributed by atoms with E-state index in [0.29, 0.717) is 10.2 Å². The topological polar surface area (TPSA) is 123 Å². The molecule has 0 aliphatic rings. The van der Waals surface area contributed by atoms with Gasteiger partial charge in [0.25, 0.3) is 17.5 Å². The molecular formula is C17H13Br2ClN4O5S. The van der Waals surface area contributed by atoms with Gasteiger partial charge in [-0.2, -0.15) is 0 Å². The number of carbonyl (C=O) groups excluding carboxylic acids is 2. The zero-order valence-corrected chi connectivity index (χ0v) is 19.9. The van der Waals surface area contributed by atoms with Gasteiger partial charge in [0, 0.05) is 16.1 Å². The summed E-state index contributed by atoms with van der Waals surface area (Å²) in [7, 11) is 0. The highest BCUT2D eigenvalue weighted by atomic mass is 79.9. The Morgan fingerprint density at radius 2 is 1.93 bits per heavy atom. The van der Waals surface area contributed by atoms with E-state index >= 15 is 0 Å². The number of nitrogens with one attached hydrogen (secondary N) is 3. The van der Waals surface area contributed by atoms with Gasteiger partial charge in [-0.3, -0.25) is 35.9 Å². The molecule has 2 aromatic rings. The van der Waals surface area contributed by atoms with E-state index in [1.165, 1.54) is 12.1 Å². The average molecular weight is 581 g/mol. The van der Waals surface area contributed by atoms with Crippen LogP contribution in [0.1, 0.15) is 15.9 Å². The van der Waals surface area contributed by atoms with Crippen molar-refractivity contribution in [2.24, 2.45) is 0 Å². The maximum Gasteiger partial charge on any atom is 0.288 e. The Hall–Kier alpha value is -2.28. The predicted octanol–water partition coefficient (Wildman–Crippen LogP) is 3.80. The van der Waals surface area contributed by atoms with E-state index < -0.39 is 22.4 Å². The minimum Gasteiger partial charge on any atom is -0.482 e. The molecule has 158 valence electrons. The highest BCUT2D eigenvalue weighted by molar-refractivity contribution is 9.11. The monoisotopic (exact) mass is 578 g/mol. The molecule has 0 heterocycles. The number of halogens is 3. The van der Waals surface area contributed by atoms with Crippen molar-refractivity contribution in [1.82, 2.24) is 16.2 Å². The molecule has 13 heteroatoms. The van der Waals surface area contributed by atoms with Crippen LogP contribution in [0.2, 0.25) is 5.02 Å². The molecule has 0 radical (unpaired) electrons. The number of thiocarbonyl (C=S) groups is 1. The number of aryl methyl sites for hydroxylation is 1. The number of amides is 2. The van der Waals surface area contributed by atoms with Crippen molar-refractivity contribution in [1.29, 1.82) is 0 Å². The molecule has 0 spiro atoms. The fraction of sp³-hybridized carbons (Fsp3) is 0.118. The molecule has 0 aliphatic heterocycles. The second kappa shape index (κ2) is 10.7. The summed E-state index contributed by atoms with van der Waals surface area (Å²) in [5.41, 5.74) is 5.00. The Kier molecular flexibility index (Phi) is 8.53. The number of carbonyl (C=O) groups is 2. The van der Waals surface area contributed by atoms with Gasteiger partial charge < -0.3 is 4.74 Å². The van der Waals surface area contributed by atoms with Crippen LogP contribution in [0.25, 0.3) is 0 Å². The summed E-state index contributed by atoms with van der Waals surface area (Å²) in [6, 6.07) is 7.17. The molecule has 0 saturated carbocycles. The Morgan fingerprint density at radius 1 is 1.23 bits per heavy atom. The lowest BCUT2D eigenvalue weighted by Gasteiger charge is -2.13. The first-order valence-corrected chi connectivity index (χ1v) is 10.4. The Bertz CT molecular complexity index is 1010. The summed E-state index contributed by atoms with van der Waals surface area (Å²) >= 11 is 17.3. The van der Waals surface area contributed by atoms with E-state index in [1.807, 2.05) is 13.0 Å². The number of ether oxygens (including phenoxy) is 1. The molecule has 0 aliphatic carbocycles. The summed E-state index contributed by atoms with van der Waals surface area (Å²) in [4.78, 5) is 34.3. The van der Waals surface area contributed by atoms with Crippen molar-refractivity contribution in [2.45, 2.75) is 6.92 Å². The van der Waals surface area contributed by atoms with Crippen molar-refractivity contribution in [3.05, 3.63) is 65.5 Å². The van der Waals surface area contributed by atoms with Crippen molar-refractivity contribution in [3.63, 3.8) is 0 Å². The fourth-order valence-corrected chi connectivity index (χ4v) is 4.06. The quantitative estimate of drug-likeness (QED) is 0.279. The van der Waals surface area contributed by atoms with Gasteiger partial charge in [-0.25, -0.2) is 0 Å². The SMILES string of the molecule is Cc1cc(Br)cc(Br)c1OCC(=O)NNC(=S)NC(=O)c1ccc(Cl)c([N+](=O)[O-])c1. The second-order valence-corrected chi connectivity index (χ2v) is 8.29. The maximum absolute atomic E-state index is 12.1. The normalized spacial score (nSPS) is 10.1. The van der Waals surface area contributed by atoms with E-state index in [9.17, 15) is 19.7 Å². The molecule has 0 unspecified atom stereocenters. The van der Waals surface area contributed by atoms with E-state index in [0.717, 1.165) is 16.1 Å². The molecule has 2 rings (SSSR count). The molecule has 2 aromatic carbocycles. The van der Waals surface area contributed by atoms with Gasteiger partial charge in [0.2, 0.25) is 0 Å². The molecule has 0 bridgehead atoms. The van der Waals surface area contributed by atoms with Gasteiger partial charge in [-0.15, -0.1) is 0 Å². The summed E-state index contributed by atoms with van der Waals surface area (Å²) in [5, 5.41) is 12.9. The molecule has 0 aromatic heterocycles. The molecule has 3 N–H and O–H groups in total. The largest absolute Gasteiger partial charge is 0.482 e. The van der Waals surface area contributed by atoms with E-state index in [4.69, 9.17) is 28.6 Å². The highest BCUT2D eigenvalue weighted by Crippen LogP contribution is 2.32. The van der Waals surface area contributed by atoms with Crippen LogP contribution in [0.15, 0.2) is 39.3 Å². The van der Waals surface area contributed by atoms with Crippen LogP contribution in [0.4, 0.5) is 5.69 Å². The van der Waals surface area contributed by atoms with Gasteiger partial charge in [0.15, 0.2) is 11.7 Å². The summed E-state index contributed by atoms with van der Waals surface area (Å²) in [6.45, 7) is 1.51. The van der Waals surface area contributed by atoms with Crippen LogP contribution in [-0.4, -0.2) is 28.5 Å². The number of hydrogen-bond acceptors (Lipinski definition) is 6. The van der Waals surface area contributed by atoms with Crippen LogP contribution >= 0.6 is 55.7 Å². The predicted molar refractivity (Wildman–Crippen MR) is 122 cm³/mol. The first kappa shape index (κ1) is 24.0. The fourth-order valence-electron chi connectivity index (χ4n) is 2.17. The van der Waals surface area contributed by atoms with Gasteiger partial charge in [-0.1, -0.05) is 27.5 Å². The number of nitro groups is 1. The van der Waals surface area contributed by atoms with Gasteiger partial charge >= 0.3 is 0 Å². The Morgan fingerprint density at radius 3 is 2.57 bits per heavy atom. The standard InChI is InChI=1S/C17H13Br2ClN4O5S/c1-8-4-10(18)6-11(19)15(8)29-7-14(25)22-23-17(30)21-16(26)9-2-3-12(20)13(5-9)24(27)28/h2-6H,7H2,1H3,(H,22,25)(H2,21,23,26,30). The number of nitrogens with zero attached hydrogens (tertiary/aromatic N) is 1. The molecule has 2 amide bonds. The zero-order valence-electron chi connectivity index (χ0n) is 15.1. The van der Waals surface area contributed by atoms with Gasteiger partial charge in [0.1, 0.15) is 10.8 Å². The lowest BCUT2D eigenvalue weighted by atomic mass is 10.2. The lowest BCUT2D eigenvalue weighted by molar-refractivity contribution is -0.384. The van der Waals surface area contributed by atoms with Crippen molar-refractivity contribution < 1.29 is 19.2 Å². The van der Waals surface area contributed by atoms with Crippen LogP contribution < -0.4 is 20.9 Å². The second-order valence-electron chi connectivity index (χ2n) is 5.70. The first-order chi connectivity index (χ1) is 14.1. The third kappa shape index (κ3) is 6.62. The molecule has 0 saturated heterocycles. The molecular weight excluding hydrogens is 568 g/mol. The van der Waals surface area contributed by atoms with E-state index in [-0.39, 0.29) is 22.3 Å². The highest BCUT2D eigenvalue weighted by Gasteiger charge is 2.17. The van der Waals surface area contributed by atoms with Gasteiger partial charge in [-0.05, 0) is 64.9 Å². The lowest BCUT2D eigenvalue weighted by Crippen LogP contribution is -2.49. The molecule has 9 nitrogen and oxygen atoms in total. The number of hydrogen-bond donors (Lipinski definition) is 3. The van der Waals surface area contributed by atoms with Crippen molar-refractivity contribution >= 4 is 78.3 Å². The minimum absolute atomic E-state index is 0.0273. The number of hydrazine groups is 1. The van der Waals surface area contributed by atoms with E-state index in [2.05, 4.69) is 48.0 Å². The maximum atomic E-state index is 12.1. The first-order valence-electron chi connectivity index (χ1n) is 8.01. The van der Waals surface area contributed by atoms with Crippen molar-refractivity contribution in [3.8, 4) is 5.75 Å². The summed E-state index contributed by atoms with van der Waals surface area (Å²) in [5.74, 6) is -0.760. The van der Waals surface area contributed by atoms with Gasteiger partial charge in [0.05, 0.1) is 9.40 Å². The number of rotatable bonds is 5. The van der Waals surface area contributed by atoms with Crippen LogP contribution in [-0.2, 0) is 4.79 Å². The smallest absolute Gasteiger partial charge is 0.288 e. The third-order valence-corrected chi connectivity index (χ3v) is 5.06. The number of benzene rings is 2. The average Bonchev–Trinajstić information content (AvgIpc) is 2.65.